The van der Waals surface area contributed by atoms with E-state index in [0.717, 1.165) is 16.6 Å². The number of hydrogen-bond donors (Lipinski definition) is 2. The van der Waals surface area contributed by atoms with Gasteiger partial charge in [0, 0.05) is 18.1 Å². The number of rotatable bonds is 4. The van der Waals surface area contributed by atoms with Crippen LogP contribution in [0.1, 0.15) is 11.9 Å². The molecule has 2 aromatic heterocycles. The summed E-state index contributed by atoms with van der Waals surface area (Å²) in [6.45, 7) is 0.334. The van der Waals surface area contributed by atoms with Gasteiger partial charge in [-0.15, -0.1) is 0 Å². The van der Waals surface area contributed by atoms with E-state index in [1.165, 1.54) is 6.26 Å². The molecule has 5 heteroatoms. The highest BCUT2D eigenvalue weighted by Crippen LogP contribution is 2.28. The zero-order valence-electron chi connectivity index (χ0n) is 10.6. The molecule has 2 heterocycles. The Labute approximate surface area is 121 Å². The van der Waals surface area contributed by atoms with Gasteiger partial charge in [-0.05, 0) is 36.4 Å². The van der Waals surface area contributed by atoms with Gasteiger partial charge in [0.15, 0.2) is 0 Å². The maximum Gasteiger partial charge on any atom is 0.134 e. The number of anilines is 1. The van der Waals surface area contributed by atoms with E-state index in [4.69, 9.17) is 16.0 Å². The monoisotopic (exact) mass is 288 g/mol. The highest BCUT2D eigenvalue weighted by Gasteiger charge is 2.11. The van der Waals surface area contributed by atoms with E-state index in [-0.39, 0.29) is 0 Å². The lowest BCUT2D eigenvalue weighted by molar-refractivity contribution is 0.162. The minimum atomic E-state index is -0.709. The van der Waals surface area contributed by atoms with E-state index < -0.39 is 6.10 Å². The molecule has 0 saturated carbocycles. The Kier molecular flexibility index (Phi) is 3.58. The average Bonchev–Trinajstić information content (AvgIpc) is 3.01. The number of halogens is 1. The fourth-order valence-electron chi connectivity index (χ4n) is 2.07. The van der Waals surface area contributed by atoms with Crippen molar-refractivity contribution in [2.45, 2.75) is 6.10 Å². The van der Waals surface area contributed by atoms with E-state index in [1.807, 2.05) is 24.3 Å². The molecular weight excluding hydrogens is 276 g/mol. The van der Waals surface area contributed by atoms with Crippen LogP contribution in [-0.4, -0.2) is 16.6 Å². The third kappa shape index (κ3) is 2.48. The molecule has 1 atom stereocenters. The van der Waals surface area contributed by atoms with Crippen molar-refractivity contribution < 1.29 is 9.52 Å². The smallest absolute Gasteiger partial charge is 0.134 e. The Morgan fingerprint density at radius 3 is 2.95 bits per heavy atom. The molecule has 0 aliphatic rings. The van der Waals surface area contributed by atoms with Gasteiger partial charge >= 0.3 is 0 Å². The zero-order valence-corrected chi connectivity index (χ0v) is 11.3. The van der Waals surface area contributed by atoms with E-state index in [2.05, 4.69) is 10.3 Å². The van der Waals surface area contributed by atoms with Gasteiger partial charge in [0.25, 0.3) is 0 Å². The summed E-state index contributed by atoms with van der Waals surface area (Å²) in [7, 11) is 0. The van der Waals surface area contributed by atoms with E-state index in [0.29, 0.717) is 17.3 Å². The lowest BCUT2D eigenvalue weighted by Crippen LogP contribution is -2.11. The molecule has 3 rings (SSSR count). The molecule has 0 spiro atoms. The van der Waals surface area contributed by atoms with Gasteiger partial charge in [0.1, 0.15) is 11.9 Å². The van der Waals surface area contributed by atoms with Crippen molar-refractivity contribution in [2.24, 2.45) is 0 Å². The highest BCUT2D eigenvalue weighted by atomic mass is 35.5. The van der Waals surface area contributed by atoms with Crippen LogP contribution in [0.4, 0.5) is 5.69 Å². The van der Waals surface area contributed by atoms with Crippen LogP contribution in [0, 0.1) is 0 Å². The number of nitrogens with one attached hydrogen (secondary N) is 1. The van der Waals surface area contributed by atoms with E-state index in [1.54, 1.807) is 18.3 Å². The third-order valence-electron chi connectivity index (χ3n) is 3.07. The average molecular weight is 289 g/mol. The molecule has 1 aromatic carbocycles. The predicted octanol–water partition coefficient (Wildman–Crippen LogP) is 3.63. The molecule has 0 aliphatic heterocycles. The van der Waals surface area contributed by atoms with Crippen molar-refractivity contribution in [1.29, 1.82) is 0 Å². The summed E-state index contributed by atoms with van der Waals surface area (Å²) in [6, 6.07) is 10.9. The number of hydrogen-bond acceptors (Lipinski definition) is 4. The second-order valence-corrected chi connectivity index (χ2v) is 4.81. The molecule has 0 bridgehead atoms. The number of nitrogens with zero attached hydrogens (tertiary/aromatic N) is 1. The number of furan rings is 1. The molecule has 2 N–H and O–H groups in total. The summed E-state index contributed by atoms with van der Waals surface area (Å²) in [5, 5.41) is 14.7. The van der Waals surface area contributed by atoms with Crippen LogP contribution in [0.5, 0.6) is 0 Å². The molecule has 20 heavy (non-hydrogen) atoms. The molecule has 0 amide bonds. The molecular formula is C15H13ClN2O2. The van der Waals surface area contributed by atoms with Gasteiger partial charge in [-0.1, -0.05) is 11.6 Å². The first-order chi connectivity index (χ1) is 9.75. The number of fused-ring (bicyclic) bond motifs is 1. The number of benzene rings is 1. The fourth-order valence-corrected chi connectivity index (χ4v) is 2.28. The van der Waals surface area contributed by atoms with Gasteiger partial charge < -0.3 is 14.8 Å². The number of aromatic nitrogens is 1. The lowest BCUT2D eigenvalue weighted by Gasteiger charge is -2.12. The molecule has 0 saturated heterocycles. The van der Waals surface area contributed by atoms with Crippen LogP contribution in [0.15, 0.2) is 53.3 Å². The molecule has 3 aromatic rings. The van der Waals surface area contributed by atoms with Crippen LogP contribution >= 0.6 is 11.6 Å². The summed E-state index contributed by atoms with van der Waals surface area (Å²) in [5.41, 5.74) is 1.61. The van der Waals surface area contributed by atoms with Gasteiger partial charge in [-0.3, -0.25) is 4.98 Å². The Morgan fingerprint density at radius 1 is 1.25 bits per heavy atom. The van der Waals surface area contributed by atoms with Gasteiger partial charge in [-0.25, -0.2) is 0 Å². The first-order valence-electron chi connectivity index (χ1n) is 6.24. The summed E-state index contributed by atoms with van der Waals surface area (Å²) < 4.78 is 5.16. The SMILES string of the molecule is OC(CNc1ccc(Cl)c2cccnc12)c1ccco1. The fraction of sp³-hybridized carbons (Fsp3) is 0.133. The second kappa shape index (κ2) is 5.53. The first-order valence-corrected chi connectivity index (χ1v) is 6.62. The second-order valence-electron chi connectivity index (χ2n) is 4.41. The van der Waals surface area contributed by atoms with Gasteiger partial charge in [0.05, 0.1) is 22.5 Å². The van der Waals surface area contributed by atoms with Crippen LogP contribution in [-0.2, 0) is 0 Å². The van der Waals surface area contributed by atoms with Crippen molar-refractivity contribution in [3.8, 4) is 0 Å². The van der Waals surface area contributed by atoms with Crippen LogP contribution in [0.25, 0.3) is 10.9 Å². The molecule has 102 valence electrons. The predicted molar refractivity (Wildman–Crippen MR) is 78.9 cm³/mol. The highest BCUT2D eigenvalue weighted by molar-refractivity contribution is 6.35. The minimum Gasteiger partial charge on any atom is -0.467 e. The third-order valence-corrected chi connectivity index (χ3v) is 3.40. The van der Waals surface area contributed by atoms with Gasteiger partial charge in [-0.2, -0.15) is 0 Å². The Morgan fingerprint density at radius 2 is 2.15 bits per heavy atom. The van der Waals surface area contributed by atoms with Crippen molar-refractivity contribution >= 4 is 28.2 Å². The first kappa shape index (κ1) is 13.0. The molecule has 0 radical (unpaired) electrons. The van der Waals surface area contributed by atoms with Crippen LogP contribution in [0.2, 0.25) is 5.02 Å². The van der Waals surface area contributed by atoms with E-state index in [9.17, 15) is 5.11 Å². The Hall–Kier alpha value is -2.04. The molecule has 1 unspecified atom stereocenters. The number of aliphatic hydroxyl groups is 1. The lowest BCUT2D eigenvalue weighted by atomic mass is 10.2. The largest absolute Gasteiger partial charge is 0.467 e. The standard InChI is InChI=1S/C15H13ClN2O2/c16-11-5-6-12(15-10(11)3-1-7-17-15)18-9-13(19)14-4-2-8-20-14/h1-8,13,18-19H,9H2. The number of aliphatic hydroxyl groups excluding tert-OH is 1. The molecule has 4 nitrogen and oxygen atoms in total. The normalized spacial score (nSPS) is 12.5. The summed E-state index contributed by atoms with van der Waals surface area (Å²) in [6.07, 6.45) is 2.55. The van der Waals surface area contributed by atoms with Crippen LogP contribution < -0.4 is 5.32 Å². The summed E-state index contributed by atoms with van der Waals surface area (Å²) in [4.78, 5) is 4.33. The number of pyridine rings is 1. The summed E-state index contributed by atoms with van der Waals surface area (Å²) in [5.74, 6) is 0.531. The molecule has 0 fully saturated rings. The Bertz CT molecular complexity index is 713. The van der Waals surface area contributed by atoms with Crippen molar-refractivity contribution in [1.82, 2.24) is 4.98 Å². The topological polar surface area (TPSA) is 58.3 Å². The van der Waals surface area contributed by atoms with Gasteiger partial charge in [0.2, 0.25) is 0 Å². The minimum absolute atomic E-state index is 0.334. The van der Waals surface area contributed by atoms with Crippen molar-refractivity contribution in [3.05, 3.63) is 59.6 Å². The zero-order chi connectivity index (χ0) is 13.9. The maximum atomic E-state index is 9.99. The van der Waals surface area contributed by atoms with Crippen LogP contribution in [0.3, 0.4) is 0 Å². The van der Waals surface area contributed by atoms with Crippen molar-refractivity contribution in [3.63, 3.8) is 0 Å². The Balaban J connectivity index is 1.83. The molecule has 0 aliphatic carbocycles. The quantitative estimate of drug-likeness (QED) is 0.770. The van der Waals surface area contributed by atoms with E-state index >= 15 is 0 Å². The maximum absolute atomic E-state index is 9.99. The summed E-state index contributed by atoms with van der Waals surface area (Å²) >= 11 is 6.14. The van der Waals surface area contributed by atoms with Crippen molar-refractivity contribution in [2.75, 3.05) is 11.9 Å².